The summed E-state index contributed by atoms with van der Waals surface area (Å²) < 4.78 is 7.69. The first-order chi connectivity index (χ1) is 8.20. The summed E-state index contributed by atoms with van der Waals surface area (Å²) in [5, 5.41) is 4.20. The Balaban J connectivity index is 2.18. The first-order valence-corrected chi connectivity index (χ1v) is 6.03. The van der Waals surface area contributed by atoms with Gasteiger partial charge in [0.25, 0.3) is 0 Å². The monoisotopic (exact) mass is 295 g/mol. The molecule has 2 N–H and O–H groups in total. The van der Waals surface area contributed by atoms with E-state index in [1.807, 2.05) is 18.2 Å². The van der Waals surface area contributed by atoms with Gasteiger partial charge in [0.1, 0.15) is 5.82 Å². The van der Waals surface area contributed by atoms with Crippen LogP contribution in [0.3, 0.4) is 0 Å². The Morgan fingerprint density at radius 2 is 2.18 bits per heavy atom. The molecule has 0 atom stereocenters. The van der Waals surface area contributed by atoms with E-state index in [4.69, 9.17) is 10.5 Å². The summed E-state index contributed by atoms with van der Waals surface area (Å²) in [6.45, 7) is 1.28. The Morgan fingerprint density at radius 3 is 2.82 bits per heavy atom. The number of benzene rings is 1. The van der Waals surface area contributed by atoms with Crippen molar-refractivity contribution in [2.75, 3.05) is 12.8 Å². The van der Waals surface area contributed by atoms with Crippen molar-refractivity contribution in [3.05, 3.63) is 46.1 Å². The van der Waals surface area contributed by atoms with E-state index >= 15 is 0 Å². The van der Waals surface area contributed by atoms with E-state index in [9.17, 15) is 0 Å². The third-order valence-corrected chi connectivity index (χ3v) is 3.08. The number of nitrogen functional groups attached to an aromatic ring is 1. The number of anilines is 1. The number of halogens is 1. The molecule has 0 saturated heterocycles. The van der Waals surface area contributed by atoms with Crippen LogP contribution in [-0.4, -0.2) is 16.9 Å². The lowest BCUT2D eigenvalue weighted by molar-refractivity contribution is 0.185. The van der Waals surface area contributed by atoms with Gasteiger partial charge >= 0.3 is 0 Å². The lowest BCUT2D eigenvalue weighted by Gasteiger charge is -2.06. The van der Waals surface area contributed by atoms with E-state index in [2.05, 4.69) is 27.1 Å². The second-order valence-corrected chi connectivity index (χ2v) is 4.64. The summed E-state index contributed by atoms with van der Waals surface area (Å²) in [4.78, 5) is 0. The van der Waals surface area contributed by atoms with Crippen LogP contribution in [0.25, 0.3) is 0 Å². The standard InChI is InChI=1S/C12H14BrN3O/c1-17-8-10-4-2-3-9(5-10)7-16-12(14)11(13)6-15-16/h2-6H,7-8,14H2,1H3. The molecule has 1 aromatic heterocycles. The Morgan fingerprint density at radius 1 is 1.41 bits per heavy atom. The summed E-state index contributed by atoms with van der Waals surface area (Å²) in [6, 6.07) is 8.19. The molecule has 0 aliphatic carbocycles. The van der Waals surface area contributed by atoms with Gasteiger partial charge in [0.2, 0.25) is 0 Å². The van der Waals surface area contributed by atoms with Crippen molar-refractivity contribution >= 4 is 21.7 Å². The largest absolute Gasteiger partial charge is 0.383 e. The number of hydrogen-bond donors (Lipinski definition) is 1. The molecule has 0 aliphatic rings. The predicted molar refractivity (Wildman–Crippen MR) is 70.6 cm³/mol. The molecule has 4 nitrogen and oxygen atoms in total. The Hall–Kier alpha value is -1.33. The molecular weight excluding hydrogens is 282 g/mol. The first-order valence-electron chi connectivity index (χ1n) is 5.24. The molecule has 0 unspecified atom stereocenters. The van der Waals surface area contributed by atoms with Gasteiger partial charge in [0, 0.05) is 7.11 Å². The summed E-state index contributed by atoms with van der Waals surface area (Å²) in [6.07, 6.45) is 1.70. The third-order valence-electron chi connectivity index (χ3n) is 2.47. The van der Waals surface area contributed by atoms with E-state index in [1.54, 1.807) is 18.0 Å². The predicted octanol–water partition coefficient (Wildman–Crippen LogP) is 2.42. The van der Waals surface area contributed by atoms with Gasteiger partial charge in [-0.15, -0.1) is 0 Å². The average Bonchev–Trinajstić information content (AvgIpc) is 2.62. The quantitative estimate of drug-likeness (QED) is 0.942. The van der Waals surface area contributed by atoms with Gasteiger partial charge in [-0.3, -0.25) is 0 Å². The van der Waals surface area contributed by atoms with E-state index < -0.39 is 0 Å². The van der Waals surface area contributed by atoms with E-state index in [0.717, 1.165) is 15.6 Å². The van der Waals surface area contributed by atoms with E-state index in [1.165, 1.54) is 0 Å². The smallest absolute Gasteiger partial charge is 0.136 e. The zero-order chi connectivity index (χ0) is 12.3. The van der Waals surface area contributed by atoms with Crippen LogP contribution in [0.15, 0.2) is 34.9 Å². The van der Waals surface area contributed by atoms with Crippen molar-refractivity contribution in [3.63, 3.8) is 0 Å². The van der Waals surface area contributed by atoms with Gasteiger partial charge in [0.05, 0.1) is 23.8 Å². The van der Waals surface area contributed by atoms with Crippen molar-refractivity contribution in [2.24, 2.45) is 0 Å². The van der Waals surface area contributed by atoms with Crippen LogP contribution >= 0.6 is 15.9 Å². The maximum absolute atomic E-state index is 5.88. The summed E-state index contributed by atoms with van der Waals surface area (Å²) >= 11 is 3.34. The number of nitrogens with zero attached hydrogens (tertiary/aromatic N) is 2. The van der Waals surface area contributed by atoms with Crippen LogP contribution in [0, 0.1) is 0 Å². The molecule has 90 valence electrons. The molecule has 1 heterocycles. The van der Waals surface area contributed by atoms with Crippen molar-refractivity contribution in [2.45, 2.75) is 13.2 Å². The number of rotatable bonds is 4. The molecule has 0 amide bonds. The van der Waals surface area contributed by atoms with E-state index in [0.29, 0.717) is 19.0 Å². The van der Waals surface area contributed by atoms with Crippen molar-refractivity contribution < 1.29 is 4.74 Å². The molecule has 2 aromatic rings. The number of methoxy groups -OCH3 is 1. The molecule has 1 aromatic carbocycles. The number of hydrogen-bond acceptors (Lipinski definition) is 3. The van der Waals surface area contributed by atoms with Crippen LogP contribution < -0.4 is 5.73 Å². The number of nitrogens with two attached hydrogens (primary N) is 1. The first kappa shape index (κ1) is 12.1. The molecular formula is C12H14BrN3O. The van der Waals surface area contributed by atoms with Gasteiger partial charge in [-0.05, 0) is 27.1 Å². The molecule has 0 radical (unpaired) electrons. The Labute approximate surface area is 109 Å². The fraction of sp³-hybridized carbons (Fsp3) is 0.250. The second-order valence-electron chi connectivity index (χ2n) is 3.79. The molecule has 0 aliphatic heterocycles. The maximum atomic E-state index is 5.88. The molecule has 17 heavy (non-hydrogen) atoms. The van der Waals surface area contributed by atoms with Crippen molar-refractivity contribution in [3.8, 4) is 0 Å². The van der Waals surface area contributed by atoms with Crippen LogP contribution in [-0.2, 0) is 17.9 Å². The zero-order valence-electron chi connectivity index (χ0n) is 9.56. The minimum atomic E-state index is 0.617. The van der Waals surface area contributed by atoms with Gasteiger partial charge in [0.15, 0.2) is 0 Å². The normalized spacial score (nSPS) is 10.7. The fourth-order valence-electron chi connectivity index (χ4n) is 1.66. The Kier molecular flexibility index (Phi) is 3.81. The van der Waals surface area contributed by atoms with Crippen LogP contribution in [0.4, 0.5) is 5.82 Å². The maximum Gasteiger partial charge on any atom is 0.136 e. The van der Waals surface area contributed by atoms with Crippen molar-refractivity contribution in [1.82, 2.24) is 9.78 Å². The van der Waals surface area contributed by atoms with Gasteiger partial charge in [-0.25, -0.2) is 4.68 Å². The van der Waals surface area contributed by atoms with Gasteiger partial charge in [-0.1, -0.05) is 24.3 Å². The van der Waals surface area contributed by atoms with Crippen LogP contribution in [0.5, 0.6) is 0 Å². The average molecular weight is 296 g/mol. The zero-order valence-corrected chi connectivity index (χ0v) is 11.1. The Bertz CT molecular complexity index is 510. The van der Waals surface area contributed by atoms with Crippen LogP contribution in [0.1, 0.15) is 11.1 Å². The molecule has 2 rings (SSSR count). The second kappa shape index (κ2) is 5.33. The molecule has 0 saturated carbocycles. The summed E-state index contributed by atoms with van der Waals surface area (Å²) in [7, 11) is 1.69. The highest BCUT2D eigenvalue weighted by molar-refractivity contribution is 9.10. The summed E-state index contributed by atoms with van der Waals surface area (Å²) in [5.74, 6) is 0.641. The SMILES string of the molecule is COCc1cccc(Cn2ncc(Br)c2N)c1. The lowest BCUT2D eigenvalue weighted by atomic mass is 10.1. The van der Waals surface area contributed by atoms with Crippen molar-refractivity contribution in [1.29, 1.82) is 0 Å². The topological polar surface area (TPSA) is 53.1 Å². The third kappa shape index (κ3) is 2.87. The molecule has 0 fully saturated rings. The van der Waals surface area contributed by atoms with Crippen LogP contribution in [0.2, 0.25) is 0 Å². The van der Waals surface area contributed by atoms with Gasteiger partial charge in [-0.2, -0.15) is 5.10 Å². The highest BCUT2D eigenvalue weighted by Gasteiger charge is 2.05. The molecule has 0 spiro atoms. The minimum absolute atomic E-state index is 0.617. The minimum Gasteiger partial charge on any atom is -0.383 e. The highest BCUT2D eigenvalue weighted by Crippen LogP contribution is 2.19. The number of aromatic nitrogens is 2. The summed E-state index contributed by atoms with van der Waals surface area (Å²) in [5.41, 5.74) is 8.18. The lowest BCUT2D eigenvalue weighted by Crippen LogP contribution is -2.06. The van der Waals surface area contributed by atoms with E-state index in [-0.39, 0.29) is 0 Å². The van der Waals surface area contributed by atoms with Gasteiger partial charge < -0.3 is 10.5 Å². The molecule has 5 heteroatoms. The molecule has 0 bridgehead atoms. The fourth-order valence-corrected chi connectivity index (χ4v) is 1.95. The number of ether oxygens (including phenoxy) is 1. The highest BCUT2D eigenvalue weighted by atomic mass is 79.9.